The van der Waals surface area contributed by atoms with Crippen LogP contribution in [0.4, 0.5) is 5.13 Å². The van der Waals surface area contributed by atoms with Crippen molar-refractivity contribution in [2.24, 2.45) is 0 Å². The van der Waals surface area contributed by atoms with Crippen molar-refractivity contribution in [3.8, 4) is 11.5 Å². The Balaban J connectivity index is 1.96. The van der Waals surface area contributed by atoms with Crippen molar-refractivity contribution >= 4 is 34.4 Å². The highest BCUT2D eigenvalue weighted by molar-refractivity contribution is 7.17. The summed E-state index contributed by atoms with van der Waals surface area (Å²) in [5, 5.41) is 3.02. The Labute approximate surface area is 187 Å². The molecule has 0 atom stereocenters. The number of carbonyl (C=O) groups is 2. The molecule has 8 heteroatoms. The van der Waals surface area contributed by atoms with Gasteiger partial charge < -0.3 is 14.2 Å². The van der Waals surface area contributed by atoms with E-state index in [9.17, 15) is 9.59 Å². The predicted molar refractivity (Wildman–Crippen MR) is 123 cm³/mol. The number of unbranched alkanes of at least 4 members (excludes halogenated alkanes) is 3. The number of ether oxygens (including phenoxy) is 3. The molecule has 0 spiro atoms. The number of aryl methyl sites for hydroxylation is 1. The molecule has 1 aromatic heterocycles. The lowest BCUT2D eigenvalue weighted by atomic mass is 10.2. The number of anilines is 1. The molecule has 2 rings (SSSR count). The van der Waals surface area contributed by atoms with E-state index in [2.05, 4.69) is 17.2 Å². The first-order valence-corrected chi connectivity index (χ1v) is 11.2. The van der Waals surface area contributed by atoms with Gasteiger partial charge in [-0.25, -0.2) is 9.78 Å². The van der Waals surface area contributed by atoms with E-state index < -0.39 is 5.97 Å². The van der Waals surface area contributed by atoms with Crippen LogP contribution in [0, 0.1) is 6.92 Å². The second-order valence-electron chi connectivity index (χ2n) is 6.80. The van der Waals surface area contributed by atoms with E-state index in [1.54, 1.807) is 27.0 Å². The lowest BCUT2D eigenvalue weighted by molar-refractivity contribution is -0.111. The molecule has 2 aromatic rings. The molecular weight excluding hydrogens is 416 g/mol. The summed E-state index contributed by atoms with van der Waals surface area (Å²) in [6.07, 6.45) is 7.63. The number of methoxy groups -OCH3 is 1. The van der Waals surface area contributed by atoms with Crippen LogP contribution in [-0.4, -0.2) is 37.2 Å². The van der Waals surface area contributed by atoms with Crippen LogP contribution >= 0.6 is 11.3 Å². The predicted octanol–water partition coefficient (Wildman–Crippen LogP) is 5.25. The van der Waals surface area contributed by atoms with Crippen molar-refractivity contribution in [1.82, 2.24) is 4.98 Å². The number of esters is 1. The van der Waals surface area contributed by atoms with Crippen LogP contribution in [0.25, 0.3) is 6.08 Å². The zero-order valence-electron chi connectivity index (χ0n) is 18.5. The minimum atomic E-state index is -0.437. The molecule has 168 valence electrons. The lowest BCUT2D eigenvalue weighted by Gasteiger charge is -2.11. The molecule has 0 aliphatic rings. The Morgan fingerprint density at radius 2 is 1.97 bits per heavy atom. The molecule has 1 N–H and O–H groups in total. The number of amides is 1. The third-order valence-corrected chi connectivity index (χ3v) is 5.41. The lowest BCUT2D eigenvalue weighted by Crippen LogP contribution is -2.07. The Hall–Kier alpha value is -2.87. The maximum atomic E-state index is 12.2. The molecule has 0 aliphatic carbocycles. The number of thiazole rings is 1. The van der Waals surface area contributed by atoms with Crippen LogP contribution in [-0.2, 0) is 9.53 Å². The molecule has 1 amide bonds. The van der Waals surface area contributed by atoms with Crippen LogP contribution in [0.15, 0.2) is 24.3 Å². The number of hydrogen-bond acceptors (Lipinski definition) is 7. The number of carbonyl (C=O) groups excluding carboxylic acids is 2. The Morgan fingerprint density at radius 3 is 2.68 bits per heavy atom. The van der Waals surface area contributed by atoms with E-state index in [1.807, 2.05) is 18.2 Å². The zero-order valence-corrected chi connectivity index (χ0v) is 19.3. The molecule has 0 aliphatic heterocycles. The van der Waals surface area contributed by atoms with Crippen molar-refractivity contribution in [2.75, 3.05) is 25.6 Å². The third-order valence-electron chi connectivity index (χ3n) is 4.36. The number of nitrogens with one attached hydrogen (secondary N) is 1. The Morgan fingerprint density at radius 1 is 1.16 bits per heavy atom. The number of hydrogen-bond donors (Lipinski definition) is 1. The molecule has 31 heavy (non-hydrogen) atoms. The monoisotopic (exact) mass is 446 g/mol. The quantitative estimate of drug-likeness (QED) is 0.272. The van der Waals surface area contributed by atoms with Crippen LogP contribution in [0.1, 0.15) is 60.5 Å². The van der Waals surface area contributed by atoms with Crippen molar-refractivity contribution < 1.29 is 23.8 Å². The standard InChI is InChI=1S/C23H30N2O5S/c1-5-7-8-9-14-30-18-12-10-17(15-19(18)28-4)11-13-20(26)25-23-24-16(3)21(31-23)22(27)29-6-2/h10-13,15H,5-9,14H2,1-4H3,(H,24,25,26). The average Bonchev–Trinajstić information content (AvgIpc) is 3.12. The van der Waals surface area contributed by atoms with Gasteiger partial charge in [-0.05, 0) is 44.0 Å². The first-order chi connectivity index (χ1) is 15.0. The summed E-state index contributed by atoms with van der Waals surface area (Å²) in [6.45, 7) is 6.55. The van der Waals surface area contributed by atoms with Gasteiger partial charge in [-0.15, -0.1) is 0 Å². The minimum Gasteiger partial charge on any atom is -0.493 e. The highest BCUT2D eigenvalue weighted by Gasteiger charge is 2.17. The zero-order chi connectivity index (χ0) is 22.6. The number of benzene rings is 1. The van der Waals surface area contributed by atoms with Gasteiger partial charge in [-0.3, -0.25) is 10.1 Å². The summed E-state index contributed by atoms with van der Waals surface area (Å²) in [4.78, 5) is 28.7. The second kappa shape index (κ2) is 12.7. The normalized spacial score (nSPS) is 10.8. The molecule has 0 saturated carbocycles. The summed E-state index contributed by atoms with van der Waals surface area (Å²) in [5.41, 5.74) is 1.32. The van der Waals surface area contributed by atoms with Gasteiger partial charge in [0.2, 0.25) is 5.91 Å². The minimum absolute atomic E-state index is 0.284. The first kappa shape index (κ1) is 24.4. The maximum absolute atomic E-state index is 12.2. The van der Waals surface area contributed by atoms with Gasteiger partial charge in [0.15, 0.2) is 16.6 Å². The smallest absolute Gasteiger partial charge is 0.350 e. The fourth-order valence-electron chi connectivity index (χ4n) is 2.77. The summed E-state index contributed by atoms with van der Waals surface area (Å²) >= 11 is 1.09. The van der Waals surface area contributed by atoms with Crippen molar-refractivity contribution in [1.29, 1.82) is 0 Å². The van der Waals surface area contributed by atoms with Crippen molar-refractivity contribution in [3.63, 3.8) is 0 Å². The molecule has 0 fully saturated rings. The molecule has 0 radical (unpaired) electrons. The first-order valence-electron chi connectivity index (χ1n) is 10.4. The van der Waals surface area contributed by atoms with Gasteiger partial charge in [0.05, 0.1) is 26.0 Å². The van der Waals surface area contributed by atoms with E-state index in [1.165, 1.54) is 18.9 Å². The SMILES string of the molecule is CCCCCCOc1ccc(C=CC(=O)Nc2nc(C)c(C(=O)OCC)s2)cc1OC. The van der Waals surface area contributed by atoms with Crippen molar-refractivity contribution in [2.45, 2.75) is 46.5 Å². The fourth-order valence-corrected chi connectivity index (χ4v) is 3.64. The summed E-state index contributed by atoms with van der Waals surface area (Å²) < 4.78 is 16.2. The van der Waals surface area contributed by atoms with E-state index >= 15 is 0 Å². The molecule has 7 nitrogen and oxygen atoms in total. The molecule has 1 heterocycles. The average molecular weight is 447 g/mol. The number of nitrogens with zero attached hydrogens (tertiary/aromatic N) is 1. The number of aromatic nitrogens is 1. The van der Waals surface area contributed by atoms with Crippen LogP contribution in [0.3, 0.4) is 0 Å². The molecule has 0 saturated heterocycles. The van der Waals surface area contributed by atoms with Crippen LogP contribution < -0.4 is 14.8 Å². The maximum Gasteiger partial charge on any atom is 0.350 e. The van der Waals surface area contributed by atoms with E-state index in [4.69, 9.17) is 14.2 Å². The van der Waals surface area contributed by atoms with Gasteiger partial charge in [0, 0.05) is 6.08 Å². The molecule has 0 unspecified atom stereocenters. The van der Waals surface area contributed by atoms with E-state index in [-0.39, 0.29) is 12.5 Å². The Bertz CT molecular complexity index is 907. The fraction of sp³-hybridized carbons (Fsp3) is 0.435. The van der Waals surface area contributed by atoms with Gasteiger partial charge in [-0.1, -0.05) is 43.6 Å². The van der Waals surface area contributed by atoms with Gasteiger partial charge >= 0.3 is 5.97 Å². The van der Waals surface area contributed by atoms with Gasteiger partial charge in [-0.2, -0.15) is 0 Å². The third kappa shape index (κ3) is 7.71. The largest absolute Gasteiger partial charge is 0.493 e. The molecule has 1 aromatic carbocycles. The van der Waals surface area contributed by atoms with Crippen molar-refractivity contribution in [3.05, 3.63) is 40.4 Å². The topological polar surface area (TPSA) is 86.8 Å². The van der Waals surface area contributed by atoms with Gasteiger partial charge in [0.25, 0.3) is 0 Å². The van der Waals surface area contributed by atoms with E-state index in [0.29, 0.717) is 33.8 Å². The summed E-state index contributed by atoms with van der Waals surface area (Å²) in [6, 6.07) is 5.52. The molecular formula is C23H30N2O5S. The van der Waals surface area contributed by atoms with Crippen LogP contribution in [0.2, 0.25) is 0 Å². The number of rotatable bonds is 12. The second-order valence-corrected chi connectivity index (χ2v) is 7.80. The highest BCUT2D eigenvalue weighted by Crippen LogP contribution is 2.29. The summed E-state index contributed by atoms with van der Waals surface area (Å²) in [7, 11) is 1.59. The van der Waals surface area contributed by atoms with E-state index in [0.717, 1.165) is 29.7 Å². The highest BCUT2D eigenvalue weighted by atomic mass is 32.1. The van der Waals surface area contributed by atoms with Gasteiger partial charge in [0.1, 0.15) is 4.88 Å². The molecule has 0 bridgehead atoms. The van der Waals surface area contributed by atoms with Crippen LogP contribution in [0.5, 0.6) is 11.5 Å². The summed E-state index contributed by atoms with van der Waals surface area (Å²) in [5.74, 6) is 0.519. The Kier molecular flexibility index (Phi) is 10.0.